The zero-order chi connectivity index (χ0) is 20.2. The van der Waals surface area contributed by atoms with Crippen molar-refractivity contribution in [3.63, 3.8) is 0 Å². The Kier molecular flexibility index (Phi) is 6.81. The predicted molar refractivity (Wildman–Crippen MR) is 103 cm³/mol. The lowest BCUT2D eigenvalue weighted by Gasteiger charge is -2.26. The first-order valence-electron chi connectivity index (χ1n) is 9.30. The van der Waals surface area contributed by atoms with Crippen molar-refractivity contribution in [3.05, 3.63) is 30.1 Å². The van der Waals surface area contributed by atoms with Crippen LogP contribution in [-0.2, 0) is 9.53 Å². The average molecular weight is 379 g/mol. The quantitative estimate of drug-likeness (QED) is 0.762. The van der Waals surface area contributed by atoms with Crippen molar-refractivity contribution in [1.29, 1.82) is 0 Å². The SMILES string of the molecule is CN(CCCN(C)C1CCN(c2ccccc2F)C1=O)C(=O)OC(C)(C)C. The van der Waals surface area contributed by atoms with Gasteiger partial charge in [0.25, 0.3) is 0 Å². The average Bonchev–Trinajstić information content (AvgIpc) is 2.95. The van der Waals surface area contributed by atoms with Crippen LogP contribution in [0.15, 0.2) is 24.3 Å². The van der Waals surface area contributed by atoms with Gasteiger partial charge >= 0.3 is 6.09 Å². The van der Waals surface area contributed by atoms with Gasteiger partial charge < -0.3 is 14.5 Å². The lowest BCUT2D eigenvalue weighted by atomic mass is 10.2. The van der Waals surface area contributed by atoms with Crippen LogP contribution in [0.2, 0.25) is 0 Å². The number of para-hydroxylation sites is 1. The molecule has 150 valence electrons. The summed E-state index contributed by atoms with van der Waals surface area (Å²) in [5, 5.41) is 0. The monoisotopic (exact) mass is 379 g/mol. The molecule has 2 rings (SSSR count). The molecule has 0 bridgehead atoms. The third kappa shape index (κ3) is 5.66. The highest BCUT2D eigenvalue weighted by molar-refractivity contribution is 5.99. The number of carbonyl (C=O) groups excluding carboxylic acids is 2. The molecule has 0 radical (unpaired) electrons. The Bertz CT molecular complexity index is 675. The summed E-state index contributed by atoms with van der Waals surface area (Å²) in [4.78, 5) is 29.7. The largest absolute Gasteiger partial charge is 0.444 e. The van der Waals surface area contributed by atoms with Crippen LogP contribution >= 0.6 is 0 Å². The van der Waals surface area contributed by atoms with Gasteiger partial charge in [-0.3, -0.25) is 9.69 Å². The molecule has 0 saturated carbocycles. The van der Waals surface area contributed by atoms with Gasteiger partial charge in [0.15, 0.2) is 0 Å². The van der Waals surface area contributed by atoms with Gasteiger partial charge in [0.05, 0.1) is 11.7 Å². The summed E-state index contributed by atoms with van der Waals surface area (Å²) < 4.78 is 19.3. The number of nitrogens with zero attached hydrogens (tertiary/aromatic N) is 3. The minimum atomic E-state index is -0.519. The number of hydrogen-bond acceptors (Lipinski definition) is 4. The van der Waals surface area contributed by atoms with E-state index in [0.717, 1.165) is 6.42 Å². The van der Waals surface area contributed by atoms with E-state index in [1.54, 1.807) is 30.1 Å². The van der Waals surface area contributed by atoms with E-state index in [1.165, 1.54) is 11.0 Å². The lowest BCUT2D eigenvalue weighted by molar-refractivity contribution is -0.121. The summed E-state index contributed by atoms with van der Waals surface area (Å²) in [5.74, 6) is -0.462. The van der Waals surface area contributed by atoms with Crippen molar-refractivity contribution in [1.82, 2.24) is 9.80 Å². The van der Waals surface area contributed by atoms with E-state index in [2.05, 4.69) is 0 Å². The van der Waals surface area contributed by atoms with Gasteiger partial charge in [-0.05, 0) is 52.8 Å². The number of ether oxygens (including phenoxy) is 1. The van der Waals surface area contributed by atoms with Crippen LogP contribution in [0, 0.1) is 5.82 Å². The number of anilines is 1. The van der Waals surface area contributed by atoms with Crippen LogP contribution in [0.5, 0.6) is 0 Å². The number of hydrogen-bond donors (Lipinski definition) is 0. The molecule has 0 N–H and O–H groups in total. The van der Waals surface area contributed by atoms with Gasteiger partial charge in [-0.25, -0.2) is 9.18 Å². The van der Waals surface area contributed by atoms with Crippen LogP contribution < -0.4 is 4.90 Å². The molecule has 0 aliphatic carbocycles. The normalized spacial score (nSPS) is 17.5. The Labute approximate surface area is 160 Å². The maximum absolute atomic E-state index is 14.0. The number of amides is 2. The molecule has 1 fully saturated rings. The molecule has 0 spiro atoms. The predicted octanol–water partition coefficient (Wildman–Crippen LogP) is 3.12. The topological polar surface area (TPSA) is 53.1 Å². The molecule has 2 amide bonds. The summed E-state index contributed by atoms with van der Waals surface area (Å²) in [7, 11) is 3.59. The molecular weight excluding hydrogens is 349 g/mol. The molecule has 1 aliphatic heterocycles. The van der Waals surface area contributed by atoms with Crippen molar-refractivity contribution < 1.29 is 18.7 Å². The summed E-state index contributed by atoms with van der Waals surface area (Å²) in [6, 6.07) is 6.08. The number of rotatable bonds is 6. The van der Waals surface area contributed by atoms with Crippen LogP contribution in [0.4, 0.5) is 14.9 Å². The van der Waals surface area contributed by atoms with E-state index in [-0.39, 0.29) is 23.9 Å². The van der Waals surface area contributed by atoms with Gasteiger partial charge in [0.1, 0.15) is 11.4 Å². The van der Waals surface area contributed by atoms with Crippen LogP contribution in [0.3, 0.4) is 0 Å². The first-order chi connectivity index (χ1) is 12.6. The second-order valence-electron chi connectivity index (χ2n) is 7.98. The lowest BCUT2D eigenvalue weighted by Crippen LogP contribution is -2.41. The highest BCUT2D eigenvalue weighted by Crippen LogP contribution is 2.26. The standard InChI is InChI=1S/C20H30FN3O3/c1-20(2,3)27-19(26)23(5)13-8-12-22(4)17-11-14-24(18(17)25)16-10-7-6-9-15(16)21/h6-7,9-10,17H,8,11-14H2,1-5H3. The van der Waals surface area contributed by atoms with Crippen molar-refractivity contribution in [2.24, 2.45) is 0 Å². The highest BCUT2D eigenvalue weighted by atomic mass is 19.1. The molecule has 0 aromatic heterocycles. The summed E-state index contributed by atoms with van der Waals surface area (Å²) in [6.45, 7) is 7.21. The summed E-state index contributed by atoms with van der Waals surface area (Å²) in [5.41, 5.74) is -0.183. The molecule has 1 aromatic carbocycles. The van der Waals surface area contributed by atoms with Gasteiger partial charge in [-0.15, -0.1) is 0 Å². The number of benzene rings is 1. The zero-order valence-electron chi connectivity index (χ0n) is 16.9. The van der Waals surface area contributed by atoms with Gasteiger partial charge in [0, 0.05) is 26.7 Å². The minimum Gasteiger partial charge on any atom is -0.444 e. The second-order valence-corrected chi connectivity index (χ2v) is 7.98. The Morgan fingerprint density at radius 1 is 1.26 bits per heavy atom. The molecule has 27 heavy (non-hydrogen) atoms. The summed E-state index contributed by atoms with van der Waals surface area (Å²) >= 11 is 0. The number of carbonyl (C=O) groups is 2. The maximum atomic E-state index is 14.0. The van der Waals surface area contributed by atoms with Crippen LogP contribution in [-0.4, -0.2) is 67.2 Å². The number of likely N-dealkylation sites (N-methyl/N-ethyl adjacent to an activating group) is 1. The van der Waals surface area contributed by atoms with Crippen molar-refractivity contribution in [2.75, 3.05) is 38.6 Å². The van der Waals surface area contributed by atoms with E-state index in [0.29, 0.717) is 31.7 Å². The Hall–Kier alpha value is -2.15. The fourth-order valence-electron chi connectivity index (χ4n) is 3.13. The second kappa shape index (κ2) is 8.69. The minimum absolute atomic E-state index is 0.0805. The maximum Gasteiger partial charge on any atom is 0.410 e. The molecule has 6 nitrogen and oxygen atoms in total. The first-order valence-corrected chi connectivity index (χ1v) is 9.30. The van der Waals surface area contributed by atoms with Gasteiger partial charge in [-0.1, -0.05) is 12.1 Å². The molecule has 1 heterocycles. The molecule has 1 saturated heterocycles. The van der Waals surface area contributed by atoms with Crippen LogP contribution in [0.1, 0.15) is 33.6 Å². The van der Waals surface area contributed by atoms with E-state index in [1.807, 2.05) is 32.7 Å². The van der Waals surface area contributed by atoms with Crippen molar-refractivity contribution in [2.45, 2.75) is 45.3 Å². The van der Waals surface area contributed by atoms with E-state index in [9.17, 15) is 14.0 Å². The van der Waals surface area contributed by atoms with Gasteiger partial charge in [0.2, 0.25) is 5.91 Å². The third-order valence-electron chi connectivity index (χ3n) is 4.56. The van der Waals surface area contributed by atoms with Crippen molar-refractivity contribution in [3.8, 4) is 0 Å². The fraction of sp³-hybridized carbons (Fsp3) is 0.600. The van der Waals surface area contributed by atoms with E-state index < -0.39 is 5.60 Å². The highest BCUT2D eigenvalue weighted by Gasteiger charge is 2.36. The fourth-order valence-corrected chi connectivity index (χ4v) is 3.13. The molecule has 1 unspecified atom stereocenters. The van der Waals surface area contributed by atoms with Gasteiger partial charge in [-0.2, -0.15) is 0 Å². The van der Waals surface area contributed by atoms with Crippen molar-refractivity contribution >= 4 is 17.7 Å². The molecule has 1 atom stereocenters. The summed E-state index contributed by atoms with van der Waals surface area (Å²) in [6.07, 6.45) is 1.02. The van der Waals surface area contributed by atoms with E-state index in [4.69, 9.17) is 4.74 Å². The Morgan fingerprint density at radius 3 is 2.56 bits per heavy atom. The number of halogens is 1. The van der Waals surface area contributed by atoms with Crippen LogP contribution in [0.25, 0.3) is 0 Å². The molecule has 1 aromatic rings. The third-order valence-corrected chi connectivity index (χ3v) is 4.56. The zero-order valence-corrected chi connectivity index (χ0v) is 16.9. The molecular formula is C20H30FN3O3. The Balaban J connectivity index is 1.83. The molecule has 7 heteroatoms. The molecule has 1 aliphatic rings. The first kappa shape index (κ1) is 21.2. The smallest absolute Gasteiger partial charge is 0.410 e. The van der Waals surface area contributed by atoms with E-state index >= 15 is 0 Å². The Morgan fingerprint density at radius 2 is 1.93 bits per heavy atom.